The molecule has 116 valence electrons. The Labute approximate surface area is 136 Å². The van der Waals surface area contributed by atoms with Gasteiger partial charge in [0.2, 0.25) is 5.91 Å². The molecule has 0 fully saturated rings. The molecule has 1 amide bonds. The van der Waals surface area contributed by atoms with Gasteiger partial charge in [0.05, 0.1) is 5.75 Å². The fourth-order valence-electron chi connectivity index (χ4n) is 2.05. The molecule has 22 heavy (non-hydrogen) atoms. The number of amides is 1. The maximum atomic E-state index is 12.1. The van der Waals surface area contributed by atoms with Crippen LogP contribution in [0.5, 0.6) is 0 Å². The molecule has 0 saturated heterocycles. The van der Waals surface area contributed by atoms with E-state index in [4.69, 9.17) is 0 Å². The molecule has 2 aromatic carbocycles. The lowest BCUT2D eigenvalue weighted by molar-refractivity contribution is -0.113. The highest BCUT2D eigenvalue weighted by Crippen LogP contribution is 2.24. The van der Waals surface area contributed by atoms with Crippen LogP contribution < -0.4 is 10.2 Å². The van der Waals surface area contributed by atoms with Crippen LogP contribution in [-0.4, -0.2) is 25.8 Å². The third-order valence-corrected chi connectivity index (χ3v) is 4.53. The smallest absolute Gasteiger partial charge is 0.234 e. The van der Waals surface area contributed by atoms with Gasteiger partial charge in [-0.1, -0.05) is 17.7 Å². The standard InChI is InChI=1S/C18H22N2OS/c1-13-5-6-14(2)17(11-13)22-12-18(21)19-15-7-9-16(10-8-15)20(3)4/h5-11H,12H2,1-4H3,(H,19,21). The number of rotatable bonds is 5. The van der Waals surface area contributed by atoms with Crippen LogP contribution in [-0.2, 0) is 4.79 Å². The topological polar surface area (TPSA) is 32.3 Å². The maximum Gasteiger partial charge on any atom is 0.234 e. The second-order valence-corrected chi connectivity index (χ2v) is 6.56. The Morgan fingerprint density at radius 3 is 2.41 bits per heavy atom. The highest BCUT2D eigenvalue weighted by atomic mass is 32.2. The molecule has 0 aliphatic heterocycles. The molecule has 0 atom stereocenters. The maximum absolute atomic E-state index is 12.1. The van der Waals surface area contributed by atoms with E-state index >= 15 is 0 Å². The molecule has 3 nitrogen and oxygen atoms in total. The molecule has 0 aromatic heterocycles. The fourth-order valence-corrected chi connectivity index (χ4v) is 2.97. The molecule has 0 saturated carbocycles. The van der Waals surface area contributed by atoms with Gasteiger partial charge in [0.1, 0.15) is 0 Å². The summed E-state index contributed by atoms with van der Waals surface area (Å²) in [7, 11) is 3.99. The number of thioether (sulfide) groups is 1. The van der Waals surface area contributed by atoms with E-state index in [1.54, 1.807) is 11.8 Å². The molecule has 0 aliphatic carbocycles. The number of nitrogens with zero attached hydrogens (tertiary/aromatic N) is 1. The summed E-state index contributed by atoms with van der Waals surface area (Å²) in [5.74, 6) is 0.434. The van der Waals surface area contributed by atoms with Crippen molar-refractivity contribution in [3.05, 3.63) is 53.6 Å². The number of anilines is 2. The van der Waals surface area contributed by atoms with Crippen molar-refractivity contribution in [2.45, 2.75) is 18.7 Å². The minimum Gasteiger partial charge on any atom is -0.378 e. The zero-order chi connectivity index (χ0) is 16.1. The van der Waals surface area contributed by atoms with Gasteiger partial charge in [-0.2, -0.15) is 0 Å². The minimum absolute atomic E-state index is 0.0171. The zero-order valence-electron chi connectivity index (χ0n) is 13.5. The molecular weight excluding hydrogens is 292 g/mol. The van der Waals surface area contributed by atoms with Crippen LogP contribution in [0, 0.1) is 13.8 Å². The van der Waals surface area contributed by atoms with Gasteiger partial charge >= 0.3 is 0 Å². The van der Waals surface area contributed by atoms with E-state index in [-0.39, 0.29) is 5.91 Å². The van der Waals surface area contributed by atoms with Crippen molar-refractivity contribution in [1.29, 1.82) is 0 Å². The van der Waals surface area contributed by atoms with Crippen LogP contribution in [0.4, 0.5) is 11.4 Å². The second-order valence-electron chi connectivity index (χ2n) is 5.55. The van der Waals surface area contributed by atoms with Crippen molar-refractivity contribution < 1.29 is 4.79 Å². The summed E-state index contributed by atoms with van der Waals surface area (Å²) >= 11 is 1.58. The van der Waals surface area contributed by atoms with Crippen molar-refractivity contribution >= 4 is 29.0 Å². The lowest BCUT2D eigenvalue weighted by Crippen LogP contribution is -2.14. The van der Waals surface area contributed by atoms with Crippen molar-refractivity contribution in [3.63, 3.8) is 0 Å². The quantitative estimate of drug-likeness (QED) is 0.843. The predicted molar refractivity (Wildman–Crippen MR) is 96.0 cm³/mol. The summed E-state index contributed by atoms with van der Waals surface area (Å²) < 4.78 is 0. The second kappa shape index (κ2) is 7.36. The monoisotopic (exact) mass is 314 g/mol. The molecule has 1 N–H and O–H groups in total. The molecule has 0 unspecified atom stereocenters. The molecule has 2 rings (SSSR count). The van der Waals surface area contributed by atoms with Gasteiger partial charge in [0.25, 0.3) is 0 Å². The lowest BCUT2D eigenvalue weighted by Gasteiger charge is -2.13. The highest BCUT2D eigenvalue weighted by Gasteiger charge is 2.06. The van der Waals surface area contributed by atoms with Crippen molar-refractivity contribution in [2.75, 3.05) is 30.1 Å². The van der Waals surface area contributed by atoms with Crippen molar-refractivity contribution in [3.8, 4) is 0 Å². The molecule has 0 bridgehead atoms. The van der Waals surface area contributed by atoms with Gasteiger partial charge in [0.15, 0.2) is 0 Å². The highest BCUT2D eigenvalue weighted by molar-refractivity contribution is 8.00. The Morgan fingerprint density at radius 1 is 1.09 bits per heavy atom. The van der Waals surface area contributed by atoms with E-state index in [9.17, 15) is 4.79 Å². The van der Waals surface area contributed by atoms with E-state index in [0.29, 0.717) is 5.75 Å². The number of aryl methyl sites for hydroxylation is 2. The molecule has 0 aliphatic rings. The molecule has 2 aromatic rings. The summed E-state index contributed by atoms with van der Waals surface area (Å²) in [6.45, 7) is 4.13. The first kappa shape index (κ1) is 16.4. The first-order chi connectivity index (χ1) is 10.5. The SMILES string of the molecule is Cc1ccc(C)c(SCC(=O)Nc2ccc(N(C)C)cc2)c1. The third-order valence-electron chi connectivity index (χ3n) is 3.37. The Kier molecular flexibility index (Phi) is 5.50. The predicted octanol–water partition coefficient (Wildman–Crippen LogP) is 4.10. The van der Waals surface area contributed by atoms with Crippen molar-refractivity contribution in [1.82, 2.24) is 0 Å². The zero-order valence-corrected chi connectivity index (χ0v) is 14.3. The number of carbonyl (C=O) groups is 1. The summed E-state index contributed by atoms with van der Waals surface area (Å²) in [4.78, 5) is 15.3. The number of benzene rings is 2. The first-order valence-electron chi connectivity index (χ1n) is 7.23. The number of hydrogen-bond donors (Lipinski definition) is 1. The van der Waals surface area contributed by atoms with E-state index in [1.165, 1.54) is 11.1 Å². The first-order valence-corrected chi connectivity index (χ1v) is 8.21. The van der Waals surface area contributed by atoms with Crippen LogP contribution in [0.15, 0.2) is 47.4 Å². The van der Waals surface area contributed by atoms with Gasteiger partial charge in [0, 0.05) is 30.4 Å². The van der Waals surface area contributed by atoms with Gasteiger partial charge in [-0.15, -0.1) is 11.8 Å². The van der Waals surface area contributed by atoms with Gasteiger partial charge < -0.3 is 10.2 Å². The van der Waals surface area contributed by atoms with E-state index in [2.05, 4.69) is 37.4 Å². The van der Waals surface area contributed by atoms with Gasteiger partial charge in [-0.25, -0.2) is 0 Å². The van der Waals surface area contributed by atoms with Crippen molar-refractivity contribution in [2.24, 2.45) is 0 Å². The molecule has 0 radical (unpaired) electrons. The van der Waals surface area contributed by atoms with Crippen LogP contribution in [0.1, 0.15) is 11.1 Å². The van der Waals surface area contributed by atoms with Crippen LogP contribution >= 0.6 is 11.8 Å². The molecule has 0 spiro atoms. The lowest BCUT2D eigenvalue weighted by atomic mass is 10.2. The van der Waals surface area contributed by atoms with E-state index < -0.39 is 0 Å². The number of hydrogen-bond acceptors (Lipinski definition) is 3. The minimum atomic E-state index is 0.0171. The fraction of sp³-hybridized carbons (Fsp3) is 0.278. The third kappa shape index (κ3) is 4.53. The summed E-state index contributed by atoms with van der Waals surface area (Å²) in [6, 6.07) is 14.1. The average Bonchev–Trinajstić information content (AvgIpc) is 2.49. The van der Waals surface area contributed by atoms with Gasteiger partial charge in [-0.3, -0.25) is 4.79 Å². The van der Waals surface area contributed by atoms with Gasteiger partial charge in [-0.05, 0) is 49.7 Å². The van der Waals surface area contributed by atoms with E-state index in [0.717, 1.165) is 16.3 Å². The normalized spacial score (nSPS) is 10.4. The molecular formula is C18H22N2OS. The number of carbonyl (C=O) groups excluding carboxylic acids is 1. The van der Waals surface area contributed by atoms with Crippen LogP contribution in [0.2, 0.25) is 0 Å². The van der Waals surface area contributed by atoms with Crippen LogP contribution in [0.3, 0.4) is 0 Å². The summed E-state index contributed by atoms with van der Waals surface area (Å²) in [6.07, 6.45) is 0. The molecule has 4 heteroatoms. The largest absolute Gasteiger partial charge is 0.378 e. The summed E-state index contributed by atoms with van der Waals surface area (Å²) in [5, 5.41) is 2.93. The molecule has 0 heterocycles. The van der Waals surface area contributed by atoms with Crippen LogP contribution in [0.25, 0.3) is 0 Å². The summed E-state index contributed by atoms with van der Waals surface area (Å²) in [5.41, 5.74) is 4.37. The Balaban J connectivity index is 1.91. The van der Waals surface area contributed by atoms with E-state index in [1.807, 2.05) is 43.3 Å². The Hall–Kier alpha value is -1.94. The average molecular weight is 314 g/mol. The Bertz CT molecular complexity index is 651. The Morgan fingerprint density at radius 2 is 1.77 bits per heavy atom. The number of nitrogens with one attached hydrogen (secondary N) is 1.